The number of amides is 1. The number of pyridine rings is 1. The number of fused-ring (bicyclic) bond motifs is 2. The van der Waals surface area contributed by atoms with Crippen LogP contribution in [0.25, 0.3) is 11.1 Å². The first-order chi connectivity index (χ1) is 31.4. The predicted octanol–water partition coefficient (Wildman–Crippen LogP) is 10.1. The number of nitrogens with one attached hydrogen (secondary N) is 1. The maximum Gasteiger partial charge on any atom is 0.328 e. The van der Waals surface area contributed by atoms with Gasteiger partial charge in [0.1, 0.15) is 35.6 Å². The van der Waals surface area contributed by atoms with Crippen molar-refractivity contribution in [3.63, 3.8) is 0 Å². The normalized spacial score (nSPS) is 16.9. The van der Waals surface area contributed by atoms with Crippen molar-refractivity contribution >= 4 is 17.6 Å². The quantitative estimate of drug-likeness (QED) is 0.115. The third-order valence-electron chi connectivity index (χ3n) is 12.7. The number of methoxy groups -OCH3 is 1. The van der Waals surface area contributed by atoms with Gasteiger partial charge < -0.3 is 24.4 Å². The molecule has 9 nitrogen and oxygen atoms in total. The minimum absolute atomic E-state index is 0.225. The lowest BCUT2D eigenvalue weighted by Crippen LogP contribution is -2.54. The topological polar surface area (TPSA) is 93.2 Å². The summed E-state index contributed by atoms with van der Waals surface area (Å²) in [5, 5.41) is 3.03. The summed E-state index contributed by atoms with van der Waals surface area (Å²) in [6.45, 7) is 7.30. The summed E-state index contributed by atoms with van der Waals surface area (Å²) >= 11 is 0. The molecule has 2 aliphatic heterocycles. The number of aryl methyl sites for hydroxylation is 1. The van der Waals surface area contributed by atoms with Crippen LogP contribution in [0.5, 0.6) is 11.5 Å². The van der Waals surface area contributed by atoms with Gasteiger partial charge in [-0.25, -0.2) is 18.0 Å². The van der Waals surface area contributed by atoms with Crippen molar-refractivity contribution < 1.29 is 37.0 Å². The minimum Gasteiger partial charge on any atom is -0.486 e. The SMILES string of the molecule is CC[C@@H](Oc1ccc([C@H]2CCN(C)c3cc4c(cc3O2)CN(Cc2cccc(F)c2)[C@H](C(=O)N[C@@H](Cc2ccc(-c3ccnc(C)c3C)cc2)C(=O)OC)C4)cc1)c1ccc(F)c(F)c1. The first-order valence-electron chi connectivity index (χ1n) is 22.0. The number of carbonyl (C=O) groups is 2. The number of rotatable bonds is 13. The smallest absolute Gasteiger partial charge is 0.328 e. The van der Waals surface area contributed by atoms with E-state index in [1.807, 2.05) is 99.4 Å². The molecule has 336 valence electrons. The molecule has 0 fully saturated rings. The summed E-state index contributed by atoms with van der Waals surface area (Å²) < 4.78 is 60.3. The third-order valence-corrected chi connectivity index (χ3v) is 12.7. The van der Waals surface area contributed by atoms with Crippen molar-refractivity contribution in [2.75, 3.05) is 25.6 Å². The molecule has 1 amide bonds. The van der Waals surface area contributed by atoms with Crippen molar-refractivity contribution in [2.45, 2.75) is 83.8 Å². The Balaban J connectivity index is 1.02. The Hall–Kier alpha value is -6.66. The van der Waals surface area contributed by atoms with Crippen molar-refractivity contribution in [3.8, 4) is 22.6 Å². The van der Waals surface area contributed by atoms with E-state index in [4.69, 9.17) is 14.2 Å². The molecule has 4 atom stereocenters. The van der Waals surface area contributed by atoms with Gasteiger partial charge in [0.15, 0.2) is 11.6 Å². The number of aromatic nitrogens is 1. The molecule has 0 saturated carbocycles. The van der Waals surface area contributed by atoms with Crippen LogP contribution in [0.3, 0.4) is 0 Å². The van der Waals surface area contributed by atoms with E-state index < -0.39 is 35.8 Å². The monoisotopic (exact) mass is 882 g/mol. The lowest BCUT2D eigenvalue weighted by molar-refractivity contribution is -0.146. The highest BCUT2D eigenvalue weighted by molar-refractivity contribution is 5.88. The van der Waals surface area contributed by atoms with Gasteiger partial charge in [-0.05, 0) is 131 Å². The first kappa shape index (κ1) is 44.9. The van der Waals surface area contributed by atoms with Crippen LogP contribution in [-0.4, -0.2) is 54.5 Å². The Bertz CT molecular complexity index is 2680. The second-order valence-corrected chi connectivity index (χ2v) is 17.0. The van der Waals surface area contributed by atoms with Crippen LogP contribution in [0, 0.1) is 31.3 Å². The summed E-state index contributed by atoms with van der Waals surface area (Å²) in [6, 6.07) is 30.3. The molecule has 3 heterocycles. The largest absolute Gasteiger partial charge is 0.486 e. The number of carbonyl (C=O) groups excluding carboxylic acids is 2. The van der Waals surface area contributed by atoms with Gasteiger partial charge in [0.25, 0.3) is 0 Å². The van der Waals surface area contributed by atoms with E-state index in [9.17, 15) is 22.8 Å². The van der Waals surface area contributed by atoms with Crippen LogP contribution in [0.4, 0.5) is 18.9 Å². The molecule has 12 heteroatoms. The predicted molar refractivity (Wildman–Crippen MR) is 244 cm³/mol. The van der Waals surface area contributed by atoms with Crippen molar-refractivity contribution in [2.24, 2.45) is 0 Å². The standard InChI is InChI=1S/C53H53F3N4O5/c1-6-49(38-16-19-44(55)45(56)26-38)64-42-17-14-37(15-18-42)50-21-23-59(4)47-27-39-28-48(60(31-40(39)29-51(47)65-50)30-35-8-7-9-41(54)24-35)52(61)58-46(53(62)63-5)25-34-10-12-36(13-11-34)43-20-22-57-33(3)32(43)2/h7-20,22,24,26-27,29,46,48-50H,6,21,23,25,28,30-31H2,1-5H3,(H,58,61)/t46-,48-,49+,50+/m0/s1. The third kappa shape index (κ3) is 10.2. The number of hydrogen-bond acceptors (Lipinski definition) is 8. The number of hydrogen-bond donors (Lipinski definition) is 1. The van der Waals surface area contributed by atoms with E-state index in [0.29, 0.717) is 55.0 Å². The van der Waals surface area contributed by atoms with Gasteiger partial charge in [0, 0.05) is 51.4 Å². The molecule has 0 aliphatic carbocycles. The maximum atomic E-state index is 14.5. The van der Waals surface area contributed by atoms with E-state index in [0.717, 1.165) is 56.4 Å². The highest BCUT2D eigenvalue weighted by Gasteiger charge is 2.36. The van der Waals surface area contributed by atoms with E-state index in [2.05, 4.69) is 21.3 Å². The zero-order valence-corrected chi connectivity index (χ0v) is 37.2. The molecule has 2 aliphatic rings. The molecule has 5 aromatic carbocycles. The molecular formula is C53H53F3N4O5. The highest BCUT2D eigenvalue weighted by Crippen LogP contribution is 2.41. The molecule has 0 bridgehead atoms. The van der Waals surface area contributed by atoms with Gasteiger partial charge in [-0.15, -0.1) is 0 Å². The van der Waals surface area contributed by atoms with E-state index in [-0.39, 0.29) is 30.8 Å². The highest BCUT2D eigenvalue weighted by atomic mass is 19.2. The Morgan fingerprint density at radius 1 is 0.892 bits per heavy atom. The maximum absolute atomic E-state index is 14.5. The summed E-state index contributed by atoms with van der Waals surface area (Å²) in [6.07, 6.45) is 2.89. The van der Waals surface area contributed by atoms with E-state index in [1.54, 1.807) is 12.3 Å². The summed E-state index contributed by atoms with van der Waals surface area (Å²) in [7, 11) is 3.33. The zero-order valence-electron chi connectivity index (χ0n) is 37.2. The van der Waals surface area contributed by atoms with E-state index >= 15 is 0 Å². The van der Waals surface area contributed by atoms with Crippen molar-refractivity contribution in [3.05, 3.63) is 177 Å². The lowest BCUT2D eigenvalue weighted by atomic mass is 9.91. The van der Waals surface area contributed by atoms with Crippen LogP contribution in [0.15, 0.2) is 115 Å². The number of esters is 1. The van der Waals surface area contributed by atoms with Crippen LogP contribution >= 0.6 is 0 Å². The van der Waals surface area contributed by atoms with Gasteiger partial charge in [0.05, 0.1) is 18.8 Å². The zero-order chi connectivity index (χ0) is 45.8. The summed E-state index contributed by atoms with van der Waals surface area (Å²) in [5.74, 6) is -1.75. The van der Waals surface area contributed by atoms with Crippen molar-refractivity contribution in [1.29, 1.82) is 0 Å². The molecule has 0 saturated heterocycles. The van der Waals surface area contributed by atoms with Gasteiger partial charge in [-0.2, -0.15) is 0 Å². The summed E-state index contributed by atoms with van der Waals surface area (Å²) in [4.78, 5) is 36.3. The van der Waals surface area contributed by atoms with Gasteiger partial charge >= 0.3 is 5.97 Å². The molecule has 0 spiro atoms. The second kappa shape index (κ2) is 19.6. The fourth-order valence-electron chi connectivity index (χ4n) is 8.86. The van der Waals surface area contributed by atoms with Crippen LogP contribution in [0.2, 0.25) is 0 Å². The molecule has 65 heavy (non-hydrogen) atoms. The molecule has 8 rings (SSSR count). The van der Waals surface area contributed by atoms with Gasteiger partial charge in [0.2, 0.25) is 5.91 Å². The van der Waals surface area contributed by atoms with Gasteiger partial charge in [-0.3, -0.25) is 14.7 Å². The molecule has 1 aromatic heterocycles. The fraction of sp³-hybridized carbons (Fsp3) is 0.302. The first-order valence-corrected chi connectivity index (χ1v) is 22.0. The van der Waals surface area contributed by atoms with Crippen molar-refractivity contribution in [1.82, 2.24) is 15.2 Å². The van der Waals surface area contributed by atoms with Gasteiger partial charge in [-0.1, -0.05) is 61.5 Å². The molecular weight excluding hydrogens is 830 g/mol. The number of benzene rings is 5. The average Bonchev–Trinajstić information content (AvgIpc) is 3.46. The minimum atomic E-state index is -0.947. The van der Waals surface area contributed by atoms with Crippen LogP contribution in [-0.2, 0) is 40.3 Å². The Labute approximate surface area is 378 Å². The molecule has 1 N–H and O–H groups in total. The van der Waals surface area contributed by atoms with Crippen LogP contribution < -0.4 is 19.7 Å². The van der Waals surface area contributed by atoms with E-state index in [1.165, 1.54) is 31.4 Å². The number of nitrogens with zero attached hydrogens (tertiary/aromatic N) is 3. The fourth-order valence-corrected chi connectivity index (χ4v) is 8.86. The number of ether oxygens (including phenoxy) is 3. The molecule has 6 aromatic rings. The lowest BCUT2D eigenvalue weighted by Gasteiger charge is -2.37. The molecule has 0 unspecified atom stereocenters. The Morgan fingerprint density at radius 2 is 1.68 bits per heavy atom. The number of halogens is 3. The second-order valence-electron chi connectivity index (χ2n) is 17.0. The Morgan fingerprint density at radius 3 is 2.40 bits per heavy atom. The van der Waals surface area contributed by atoms with Crippen LogP contribution in [0.1, 0.15) is 76.6 Å². The number of anilines is 1. The Kier molecular flexibility index (Phi) is 13.6. The summed E-state index contributed by atoms with van der Waals surface area (Å²) in [5.41, 5.74) is 10.1. The molecule has 0 radical (unpaired) electrons. The average molecular weight is 883 g/mol.